The molecule has 0 bridgehead atoms. The molecule has 1 saturated heterocycles. The van der Waals surface area contributed by atoms with Crippen LogP contribution >= 0.6 is 0 Å². The van der Waals surface area contributed by atoms with Crippen LogP contribution in [0.2, 0.25) is 0 Å². The number of pyridine rings is 1. The van der Waals surface area contributed by atoms with Crippen LogP contribution in [0.4, 0.5) is 0 Å². The standard InChI is InChI=1S/C16H20N4O3S/c1-19-9-7-13(18-19)16(21)20-10-5-12(6-11-20)15-14(24(2,22)23)4-3-8-17-15/h3-4,7-9,12H,5-6,10-11H2,1-2H3. The Morgan fingerprint density at radius 2 is 1.96 bits per heavy atom. The second-order valence-electron chi connectivity index (χ2n) is 6.10. The number of aromatic nitrogens is 3. The van der Waals surface area contributed by atoms with Crippen LogP contribution in [-0.2, 0) is 16.9 Å². The van der Waals surface area contributed by atoms with Crippen LogP contribution in [0.1, 0.15) is 34.9 Å². The maximum atomic E-state index is 12.4. The van der Waals surface area contributed by atoms with Crippen LogP contribution in [0.5, 0.6) is 0 Å². The third-order valence-electron chi connectivity index (χ3n) is 4.30. The molecule has 1 aliphatic heterocycles. The van der Waals surface area contributed by atoms with Gasteiger partial charge in [-0.25, -0.2) is 8.42 Å². The lowest BCUT2D eigenvalue weighted by Gasteiger charge is -2.31. The van der Waals surface area contributed by atoms with E-state index in [9.17, 15) is 13.2 Å². The number of sulfone groups is 1. The zero-order chi connectivity index (χ0) is 17.3. The second kappa shape index (κ2) is 6.35. The van der Waals surface area contributed by atoms with E-state index in [4.69, 9.17) is 0 Å². The number of likely N-dealkylation sites (tertiary alicyclic amines) is 1. The summed E-state index contributed by atoms with van der Waals surface area (Å²) in [6, 6.07) is 4.94. The van der Waals surface area contributed by atoms with Gasteiger partial charge < -0.3 is 4.90 Å². The van der Waals surface area contributed by atoms with E-state index in [0.29, 0.717) is 42.2 Å². The van der Waals surface area contributed by atoms with Crippen molar-refractivity contribution in [2.24, 2.45) is 7.05 Å². The first-order valence-electron chi connectivity index (χ1n) is 7.80. The summed E-state index contributed by atoms with van der Waals surface area (Å²) in [5.74, 6) is -0.0397. The van der Waals surface area contributed by atoms with Gasteiger partial charge in [0.1, 0.15) is 5.69 Å². The van der Waals surface area contributed by atoms with Crippen LogP contribution in [-0.4, -0.2) is 53.3 Å². The summed E-state index contributed by atoms with van der Waals surface area (Å²) >= 11 is 0. The fourth-order valence-electron chi connectivity index (χ4n) is 3.07. The largest absolute Gasteiger partial charge is 0.337 e. The number of carbonyl (C=O) groups excluding carboxylic acids is 1. The molecule has 1 fully saturated rings. The van der Waals surface area contributed by atoms with E-state index in [1.165, 1.54) is 6.26 Å². The van der Waals surface area contributed by atoms with E-state index >= 15 is 0 Å². The molecule has 0 N–H and O–H groups in total. The molecule has 0 spiro atoms. The molecule has 8 heteroatoms. The van der Waals surface area contributed by atoms with Crippen molar-refractivity contribution in [2.45, 2.75) is 23.7 Å². The Labute approximate surface area is 141 Å². The van der Waals surface area contributed by atoms with Crippen molar-refractivity contribution in [3.8, 4) is 0 Å². The minimum atomic E-state index is -3.31. The molecule has 0 saturated carbocycles. The third-order valence-corrected chi connectivity index (χ3v) is 5.44. The van der Waals surface area contributed by atoms with Gasteiger partial charge in [0.15, 0.2) is 9.84 Å². The Balaban J connectivity index is 1.73. The van der Waals surface area contributed by atoms with E-state index in [1.54, 1.807) is 47.2 Å². The van der Waals surface area contributed by atoms with Crippen molar-refractivity contribution in [3.63, 3.8) is 0 Å². The van der Waals surface area contributed by atoms with Gasteiger partial charge in [-0.15, -0.1) is 0 Å². The van der Waals surface area contributed by atoms with E-state index in [0.717, 1.165) is 0 Å². The van der Waals surface area contributed by atoms with Gasteiger partial charge in [-0.3, -0.25) is 14.5 Å². The summed E-state index contributed by atoms with van der Waals surface area (Å²) in [6.07, 6.45) is 5.95. The quantitative estimate of drug-likeness (QED) is 0.833. The van der Waals surface area contributed by atoms with Crippen LogP contribution in [0.25, 0.3) is 0 Å². The van der Waals surface area contributed by atoms with E-state index in [-0.39, 0.29) is 11.8 Å². The third kappa shape index (κ3) is 3.33. The highest BCUT2D eigenvalue weighted by molar-refractivity contribution is 7.90. The summed E-state index contributed by atoms with van der Waals surface area (Å²) in [7, 11) is -1.53. The van der Waals surface area contributed by atoms with Gasteiger partial charge >= 0.3 is 0 Å². The molecule has 0 aliphatic carbocycles. The van der Waals surface area contributed by atoms with Crippen molar-refractivity contribution >= 4 is 15.7 Å². The topological polar surface area (TPSA) is 85.2 Å². The van der Waals surface area contributed by atoms with Crippen molar-refractivity contribution in [1.82, 2.24) is 19.7 Å². The lowest BCUT2D eigenvalue weighted by molar-refractivity contribution is 0.0704. The van der Waals surface area contributed by atoms with Crippen LogP contribution < -0.4 is 0 Å². The zero-order valence-corrected chi connectivity index (χ0v) is 14.5. The Bertz CT molecular complexity index is 852. The van der Waals surface area contributed by atoms with Gasteiger partial charge in [-0.2, -0.15) is 5.10 Å². The Hall–Kier alpha value is -2.22. The minimum absolute atomic E-state index is 0.0451. The van der Waals surface area contributed by atoms with Gasteiger partial charge in [-0.1, -0.05) is 0 Å². The summed E-state index contributed by atoms with van der Waals surface area (Å²) < 4.78 is 25.5. The molecule has 1 aliphatic rings. The predicted octanol–water partition coefficient (Wildman–Crippen LogP) is 1.24. The van der Waals surface area contributed by atoms with E-state index in [1.807, 2.05) is 0 Å². The Kier molecular flexibility index (Phi) is 4.40. The zero-order valence-electron chi connectivity index (χ0n) is 13.7. The molecule has 3 rings (SSSR count). The van der Waals surface area contributed by atoms with Crippen LogP contribution in [0, 0.1) is 0 Å². The predicted molar refractivity (Wildman–Crippen MR) is 88.4 cm³/mol. The van der Waals surface area contributed by atoms with Crippen molar-refractivity contribution < 1.29 is 13.2 Å². The van der Waals surface area contributed by atoms with Gasteiger partial charge in [0.2, 0.25) is 0 Å². The fourth-order valence-corrected chi connectivity index (χ4v) is 4.00. The smallest absolute Gasteiger partial charge is 0.274 e. The Morgan fingerprint density at radius 1 is 1.25 bits per heavy atom. The number of hydrogen-bond acceptors (Lipinski definition) is 5. The molecule has 0 unspecified atom stereocenters. The number of amides is 1. The minimum Gasteiger partial charge on any atom is -0.337 e. The number of carbonyl (C=O) groups is 1. The molecule has 0 aromatic carbocycles. The lowest BCUT2D eigenvalue weighted by Crippen LogP contribution is -2.38. The first-order chi connectivity index (χ1) is 11.4. The number of hydrogen-bond donors (Lipinski definition) is 0. The van der Waals surface area contributed by atoms with Gasteiger partial charge in [-0.05, 0) is 31.0 Å². The monoisotopic (exact) mass is 348 g/mol. The lowest BCUT2D eigenvalue weighted by atomic mass is 9.93. The Morgan fingerprint density at radius 3 is 2.54 bits per heavy atom. The maximum absolute atomic E-state index is 12.4. The van der Waals surface area contributed by atoms with E-state index < -0.39 is 9.84 Å². The summed E-state index contributed by atoms with van der Waals surface area (Å²) in [5, 5.41) is 4.14. The van der Waals surface area contributed by atoms with Crippen molar-refractivity contribution in [3.05, 3.63) is 42.0 Å². The first-order valence-corrected chi connectivity index (χ1v) is 9.69. The SMILES string of the molecule is Cn1ccc(C(=O)N2CCC(c3ncccc3S(C)(=O)=O)CC2)n1. The number of rotatable bonds is 3. The first kappa shape index (κ1) is 16.6. The molecule has 2 aromatic rings. The molecule has 1 amide bonds. The fraction of sp³-hybridized carbons (Fsp3) is 0.438. The number of nitrogens with zero attached hydrogens (tertiary/aromatic N) is 4. The number of piperidine rings is 1. The molecular weight excluding hydrogens is 328 g/mol. The van der Waals surface area contributed by atoms with Gasteiger partial charge in [0.25, 0.3) is 5.91 Å². The van der Waals surface area contributed by atoms with Crippen LogP contribution in [0.15, 0.2) is 35.5 Å². The average molecular weight is 348 g/mol. The highest BCUT2D eigenvalue weighted by atomic mass is 32.2. The van der Waals surface area contributed by atoms with E-state index in [2.05, 4.69) is 10.1 Å². The highest BCUT2D eigenvalue weighted by Crippen LogP contribution is 2.31. The summed E-state index contributed by atoms with van der Waals surface area (Å²) in [4.78, 5) is 18.8. The summed E-state index contributed by atoms with van der Waals surface area (Å²) in [6.45, 7) is 1.14. The second-order valence-corrected chi connectivity index (χ2v) is 8.08. The van der Waals surface area contributed by atoms with Crippen molar-refractivity contribution in [1.29, 1.82) is 0 Å². The molecular formula is C16H20N4O3S. The molecule has 128 valence electrons. The number of aryl methyl sites for hydroxylation is 1. The molecule has 7 nitrogen and oxygen atoms in total. The molecule has 2 aromatic heterocycles. The molecule has 3 heterocycles. The van der Waals surface area contributed by atoms with Crippen molar-refractivity contribution in [2.75, 3.05) is 19.3 Å². The average Bonchev–Trinajstić information content (AvgIpc) is 3.00. The highest BCUT2D eigenvalue weighted by Gasteiger charge is 2.29. The molecule has 0 atom stereocenters. The summed E-state index contributed by atoms with van der Waals surface area (Å²) in [5.41, 5.74) is 1.05. The molecule has 0 radical (unpaired) electrons. The van der Waals surface area contributed by atoms with Gasteiger partial charge in [0, 0.05) is 44.7 Å². The van der Waals surface area contributed by atoms with Gasteiger partial charge in [0.05, 0.1) is 10.6 Å². The van der Waals surface area contributed by atoms with Crippen LogP contribution in [0.3, 0.4) is 0 Å². The normalized spacial score (nSPS) is 16.3. The molecule has 24 heavy (non-hydrogen) atoms. The maximum Gasteiger partial charge on any atom is 0.274 e.